The predicted octanol–water partition coefficient (Wildman–Crippen LogP) is 4.92. The molecule has 0 N–H and O–H groups in total. The lowest BCUT2D eigenvalue weighted by molar-refractivity contribution is 1.66. The standard InChI is InChI=1S/C8H8S.C8H8/c1-7(9)8-5-3-2-4-6-8;1-2-8-6-4-3-5-7-8/h2-6,9H,1H2;2-7H,1H2. The van der Waals surface area contributed by atoms with E-state index in [2.05, 4.69) is 25.8 Å². The molecular formula is C16H16S. The van der Waals surface area contributed by atoms with Crippen molar-refractivity contribution in [3.05, 3.63) is 84.9 Å². The zero-order valence-corrected chi connectivity index (χ0v) is 10.6. The summed E-state index contributed by atoms with van der Waals surface area (Å²) < 4.78 is 0. The third-order valence-electron chi connectivity index (χ3n) is 2.14. The molecule has 0 heterocycles. The Kier molecular flexibility index (Phi) is 5.91. The summed E-state index contributed by atoms with van der Waals surface area (Å²) in [5.41, 5.74) is 2.26. The Hall–Kier alpha value is -1.73. The van der Waals surface area contributed by atoms with Crippen LogP contribution in [-0.4, -0.2) is 0 Å². The lowest BCUT2D eigenvalue weighted by atomic mass is 10.2. The highest BCUT2D eigenvalue weighted by atomic mass is 32.1. The molecule has 1 heteroatoms. The lowest BCUT2D eigenvalue weighted by Crippen LogP contribution is -1.70. The molecule has 0 aliphatic rings. The van der Waals surface area contributed by atoms with Gasteiger partial charge >= 0.3 is 0 Å². The van der Waals surface area contributed by atoms with Crippen LogP contribution in [0.4, 0.5) is 0 Å². The molecule has 86 valence electrons. The summed E-state index contributed by atoms with van der Waals surface area (Å²) in [6.07, 6.45) is 1.83. The summed E-state index contributed by atoms with van der Waals surface area (Å²) in [5.74, 6) is 0. The molecule has 0 spiro atoms. The third kappa shape index (κ3) is 5.23. The summed E-state index contributed by atoms with van der Waals surface area (Å²) in [4.78, 5) is 0.815. The van der Waals surface area contributed by atoms with Gasteiger partial charge in [0.1, 0.15) is 0 Å². The summed E-state index contributed by atoms with van der Waals surface area (Å²) in [6, 6.07) is 19.9. The second-order valence-corrected chi connectivity index (χ2v) is 3.97. The minimum atomic E-state index is 0.815. The Morgan fingerprint density at radius 3 is 1.65 bits per heavy atom. The van der Waals surface area contributed by atoms with E-state index in [1.165, 1.54) is 5.56 Å². The average Bonchev–Trinajstić information content (AvgIpc) is 2.41. The van der Waals surface area contributed by atoms with Crippen LogP contribution in [0.3, 0.4) is 0 Å². The molecule has 0 aliphatic carbocycles. The molecule has 0 saturated heterocycles. The van der Waals surface area contributed by atoms with Gasteiger partial charge in [0.2, 0.25) is 0 Å². The fraction of sp³-hybridized carbons (Fsp3) is 0. The molecule has 0 unspecified atom stereocenters. The van der Waals surface area contributed by atoms with E-state index in [-0.39, 0.29) is 0 Å². The molecule has 2 rings (SSSR count). The van der Waals surface area contributed by atoms with Crippen molar-refractivity contribution in [3.63, 3.8) is 0 Å². The SMILES string of the molecule is C=C(S)c1ccccc1.C=Cc1ccccc1. The highest BCUT2D eigenvalue weighted by molar-refractivity contribution is 7.90. The quantitative estimate of drug-likeness (QED) is 0.708. The van der Waals surface area contributed by atoms with Crippen LogP contribution in [-0.2, 0) is 0 Å². The molecular weight excluding hydrogens is 224 g/mol. The molecule has 0 atom stereocenters. The average molecular weight is 240 g/mol. The Balaban J connectivity index is 0.000000171. The third-order valence-corrected chi connectivity index (χ3v) is 2.40. The van der Waals surface area contributed by atoms with Crippen molar-refractivity contribution < 1.29 is 0 Å². The summed E-state index contributed by atoms with van der Waals surface area (Å²) in [7, 11) is 0. The fourth-order valence-corrected chi connectivity index (χ4v) is 1.37. The second-order valence-electron chi connectivity index (χ2n) is 3.43. The first-order valence-electron chi connectivity index (χ1n) is 5.35. The number of hydrogen-bond acceptors (Lipinski definition) is 1. The molecule has 17 heavy (non-hydrogen) atoms. The van der Waals surface area contributed by atoms with Gasteiger partial charge in [0, 0.05) is 4.91 Å². The van der Waals surface area contributed by atoms with Crippen molar-refractivity contribution in [1.29, 1.82) is 0 Å². The van der Waals surface area contributed by atoms with Gasteiger partial charge in [-0.1, -0.05) is 79.9 Å². The van der Waals surface area contributed by atoms with E-state index >= 15 is 0 Å². The predicted molar refractivity (Wildman–Crippen MR) is 81.0 cm³/mol. The van der Waals surface area contributed by atoms with E-state index in [9.17, 15) is 0 Å². The summed E-state index contributed by atoms with van der Waals surface area (Å²) in [6.45, 7) is 7.32. The Morgan fingerprint density at radius 2 is 1.35 bits per heavy atom. The van der Waals surface area contributed by atoms with Crippen molar-refractivity contribution in [1.82, 2.24) is 0 Å². The molecule has 0 radical (unpaired) electrons. The molecule has 0 aromatic heterocycles. The number of hydrogen-bond donors (Lipinski definition) is 1. The highest BCUT2D eigenvalue weighted by Gasteiger charge is 1.87. The zero-order valence-electron chi connectivity index (χ0n) is 9.71. The molecule has 0 bridgehead atoms. The van der Waals surface area contributed by atoms with Gasteiger partial charge in [-0.25, -0.2) is 0 Å². The second kappa shape index (κ2) is 7.53. The smallest absolute Gasteiger partial charge is 0.00405 e. The van der Waals surface area contributed by atoms with E-state index in [1.807, 2.05) is 66.7 Å². The van der Waals surface area contributed by atoms with Crippen LogP contribution >= 0.6 is 12.6 Å². The van der Waals surface area contributed by atoms with Gasteiger partial charge in [-0.05, 0) is 11.1 Å². The van der Waals surface area contributed by atoms with Crippen molar-refractivity contribution in [2.45, 2.75) is 0 Å². The van der Waals surface area contributed by atoms with E-state index in [4.69, 9.17) is 0 Å². The van der Waals surface area contributed by atoms with Crippen LogP contribution in [0.25, 0.3) is 11.0 Å². The van der Waals surface area contributed by atoms with Crippen LogP contribution in [0.2, 0.25) is 0 Å². The Labute approximate surface area is 109 Å². The zero-order chi connectivity index (χ0) is 12.5. The van der Waals surface area contributed by atoms with Gasteiger partial charge in [0.25, 0.3) is 0 Å². The summed E-state index contributed by atoms with van der Waals surface area (Å²) in [5, 5.41) is 0. The molecule has 0 saturated carbocycles. The van der Waals surface area contributed by atoms with Gasteiger partial charge in [-0.2, -0.15) is 0 Å². The Morgan fingerprint density at radius 1 is 0.882 bits per heavy atom. The van der Waals surface area contributed by atoms with Crippen molar-refractivity contribution >= 4 is 23.6 Å². The largest absolute Gasteiger partial charge is 0.143 e. The van der Waals surface area contributed by atoms with Gasteiger partial charge < -0.3 is 0 Å². The van der Waals surface area contributed by atoms with Crippen molar-refractivity contribution in [2.24, 2.45) is 0 Å². The van der Waals surface area contributed by atoms with Crippen LogP contribution in [0.15, 0.2) is 73.8 Å². The Bertz CT molecular complexity index is 457. The number of thiol groups is 1. The van der Waals surface area contributed by atoms with Gasteiger partial charge in [0.05, 0.1) is 0 Å². The van der Waals surface area contributed by atoms with E-state index < -0.39 is 0 Å². The maximum absolute atomic E-state index is 4.09. The van der Waals surface area contributed by atoms with E-state index in [0.29, 0.717) is 0 Å². The minimum absolute atomic E-state index is 0.815. The van der Waals surface area contributed by atoms with Gasteiger partial charge in [0.15, 0.2) is 0 Å². The first-order chi connectivity index (χ1) is 8.24. The minimum Gasteiger partial charge on any atom is -0.143 e. The summed E-state index contributed by atoms with van der Waals surface area (Å²) >= 11 is 4.09. The number of benzene rings is 2. The molecule has 0 nitrogen and oxygen atoms in total. The molecule has 2 aromatic rings. The van der Waals surface area contributed by atoms with E-state index in [0.717, 1.165) is 10.5 Å². The van der Waals surface area contributed by atoms with Crippen LogP contribution in [0, 0.1) is 0 Å². The monoisotopic (exact) mass is 240 g/mol. The lowest BCUT2D eigenvalue weighted by Gasteiger charge is -1.93. The van der Waals surface area contributed by atoms with Crippen molar-refractivity contribution in [3.8, 4) is 0 Å². The van der Waals surface area contributed by atoms with Crippen LogP contribution < -0.4 is 0 Å². The first kappa shape index (κ1) is 13.3. The molecule has 0 amide bonds. The first-order valence-corrected chi connectivity index (χ1v) is 5.79. The fourth-order valence-electron chi connectivity index (χ4n) is 1.22. The maximum atomic E-state index is 4.09. The van der Waals surface area contributed by atoms with E-state index in [1.54, 1.807) is 0 Å². The van der Waals surface area contributed by atoms with Crippen LogP contribution in [0.1, 0.15) is 11.1 Å². The highest BCUT2D eigenvalue weighted by Crippen LogP contribution is 2.13. The van der Waals surface area contributed by atoms with Gasteiger partial charge in [-0.15, -0.1) is 12.6 Å². The maximum Gasteiger partial charge on any atom is 0.00405 e. The van der Waals surface area contributed by atoms with Crippen LogP contribution in [0.5, 0.6) is 0 Å². The number of rotatable bonds is 2. The molecule has 0 aliphatic heterocycles. The topological polar surface area (TPSA) is 0 Å². The molecule has 2 aromatic carbocycles. The van der Waals surface area contributed by atoms with Crippen molar-refractivity contribution in [2.75, 3.05) is 0 Å². The molecule has 0 fully saturated rings. The van der Waals surface area contributed by atoms with Gasteiger partial charge in [-0.3, -0.25) is 0 Å². The normalized spacial score (nSPS) is 8.76.